The van der Waals surface area contributed by atoms with Crippen molar-refractivity contribution in [1.29, 1.82) is 0 Å². The molecule has 1 saturated carbocycles. The van der Waals surface area contributed by atoms with Crippen LogP contribution in [0.3, 0.4) is 0 Å². The zero-order chi connectivity index (χ0) is 20.0. The summed E-state index contributed by atoms with van der Waals surface area (Å²) >= 11 is 6.02. The van der Waals surface area contributed by atoms with Crippen molar-refractivity contribution in [3.63, 3.8) is 0 Å². The Bertz CT molecular complexity index is 727. The molecule has 1 aromatic rings. The Morgan fingerprint density at radius 1 is 1.04 bits per heavy atom. The van der Waals surface area contributed by atoms with Crippen LogP contribution in [0.15, 0.2) is 30.0 Å². The van der Waals surface area contributed by atoms with E-state index in [9.17, 15) is 9.59 Å². The van der Waals surface area contributed by atoms with E-state index < -0.39 is 0 Å². The number of Topliss-reactive ketones (excluding diaryl/α,β-unsaturated/α-hetero) is 1. The molecule has 3 nitrogen and oxygen atoms in total. The molecular formula is C24H31ClO3. The molecule has 0 aliphatic heterocycles. The quantitative estimate of drug-likeness (QED) is 0.351. The van der Waals surface area contributed by atoms with Crippen LogP contribution < -0.4 is 0 Å². The number of ether oxygens (including phenoxy) is 1. The molecule has 4 heteroatoms. The van der Waals surface area contributed by atoms with Crippen LogP contribution in [0.25, 0.3) is 5.57 Å². The van der Waals surface area contributed by atoms with E-state index >= 15 is 0 Å². The molecule has 1 fully saturated rings. The minimum atomic E-state index is -0.371. The first-order chi connectivity index (χ1) is 13.6. The van der Waals surface area contributed by atoms with Crippen molar-refractivity contribution in [2.24, 2.45) is 5.41 Å². The Hall–Kier alpha value is -1.61. The average molecular weight is 403 g/mol. The predicted octanol–water partition coefficient (Wildman–Crippen LogP) is 6.88. The van der Waals surface area contributed by atoms with Crippen molar-refractivity contribution < 1.29 is 14.3 Å². The Labute approximate surface area is 173 Å². The van der Waals surface area contributed by atoms with Crippen LogP contribution in [0, 0.1) is 5.41 Å². The predicted molar refractivity (Wildman–Crippen MR) is 113 cm³/mol. The first kappa shape index (κ1) is 21.1. The fraction of sp³-hybridized carbons (Fsp3) is 0.583. The number of hydrogen-bond donors (Lipinski definition) is 0. The fourth-order valence-electron chi connectivity index (χ4n) is 4.56. The third-order valence-electron chi connectivity index (χ3n) is 6.15. The largest absolute Gasteiger partial charge is 0.430 e. The van der Waals surface area contributed by atoms with Gasteiger partial charge < -0.3 is 4.74 Å². The number of esters is 1. The second kappa shape index (κ2) is 9.73. The molecule has 0 radical (unpaired) electrons. The van der Waals surface area contributed by atoms with E-state index in [4.69, 9.17) is 16.3 Å². The van der Waals surface area contributed by atoms with Gasteiger partial charge in [-0.15, -0.1) is 0 Å². The fourth-order valence-corrected chi connectivity index (χ4v) is 4.68. The van der Waals surface area contributed by atoms with Gasteiger partial charge in [-0.1, -0.05) is 75.6 Å². The van der Waals surface area contributed by atoms with Crippen molar-refractivity contribution >= 4 is 28.9 Å². The van der Waals surface area contributed by atoms with Crippen LogP contribution in [0.5, 0.6) is 0 Å². The summed E-state index contributed by atoms with van der Waals surface area (Å²) in [5, 5.41) is 0.632. The lowest BCUT2D eigenvalue weighted by Crippen LogP contribution is -2.30. The molecule has 3 rings (SSSR count). The molecule has 2 aliphatic carbocycles. The molecule has 0 aromatic heterocycles. The van der Waals surface area contributed by atoms with Gasteiger partial charge >= 0.3 is 5.97 Å². The van der Waals surface area contributed by atoms with Gasteiger partial charge in [-0.25, -0.2) is 0 Å². The van der Waals surface area contributed by atoms with Crippen LogP contribution in [-0.4, -0.2) is 11.8 Å². The molecular weight excluding hydrogens is 372 g/mol. The molecule has 0 heterocycles. The van der Waals surface area contributed by atoms with E-state index in [1.165, 1.54) is 19.3 Å². The van der Waals surface area contributed by atoms with Crippen molar-refractivity contribution in [1.82, 2.24) is 0 Å². The maximum absolute atomic E-state index is 13.4. The Kier molecular flexibility index (Phi) is 7.34. The molecule has 0 atom stereocenters. The van der Waals surface area contributed by atoms with Crippen molar-refractivity contribution in [3.8, 4) is 0 Å². The van der Waals surface area contributed by atoms with Gasteiger partial charge in [0.15, 0.2) is 5.78 Å². The van der Waals surface area contributed by atoms with E-state index in [1.807, 2.05) is 12.1 Å². The SMILES string of the molecule is CCCCCCCC(=O)OC1=C(c2ccc(Cl)cc2)C(=O)C2(CCCCC2)C1. The lowest BCUT2D eigenvalue weighted by atomic mass is 9.70. The Morgan fingerprint density at radius 3 is 2.39 bits per heavy atom. The molecule has 152 valence electrons. The van der Waals surface area contributed by atoms with Gasteiger partial charge in [0.25, 0.3) is 0 Å². The maximum Gasteiger partial charge on any atom is 0.310 e. The van der Waals surface area contributed by atoms with Gasteiger partial charge in [-0.3, -0.25) is 9.59 Å². The topological polar surface area (TPSA) is 43.4 Å². The van der Waals surface area contributed by atoms with Crippen LogP contribution in [0.4, 0.5) is 0 Å². The Balaban J connectivity index is 1.76. The summed E-state index contributed by atoms with van der Waals surface area (Å²) < 4.78 is 5.80. The average Bonchev–Trinajstić information content (AvgIpc) is 2.94. The standard InChI is InChI=1S/C24H31ClO3/c1-2-3-4-5-7-10-21(26)28-20-17-24(15-8-6-9-16-24)23(27)22(20)18-11-13-19(25)14-12-18/h11-14H,2-10,15-17H2,1H3. The van der Waals surface area contributed by atoms with Gasteiger partial charge in [0.05, 0.1) is 5.57 Å². The number of hydrogen-bond acceptors (Lipinski definition) is 3. The molecule has 2 aliphatic rings. The smallest absolute Gasteiger partial charge is 0.310 e. The lowest BCUT2D eigenvalue weighted by Gasteiger charge is -2.31. The third-order valence-corrected chi connectivity index (χ3v) is 6.40. The summed E-state index contributed by atoms with van der Waals surface area (Å²) in [4.78, 5) is 25.9. The maximum atomic E-state index is 13.4. The number of benzene rings is 1. The van der Waals surface area contributed by atoms with E-state index in [1.54, 1.807) is 12.1 Å². The van der Waals surface area contributed by atoms with Gasteiger partial charge in [-0.05, 0) is 37.0 Å². The van der Waals surface area contributed by atoms with Crippen LogP contribution in [-0.2, 0) is 14.3 Å². The summed E-state index contributed by atoms with van der Waals surface area (Å²) in [6.45, 7) is 2.18. The minimum absolute atomic E-state index is 0.153. The number of carbonyl (C=O) groups excluding carboxylic acids is 2. The Morgan fingerprint density at radius 2 is 1.71 bits per heavy atom. The highest BCUT2D eigenvalue weighted by molar-refractivity contribution is 6.31. The molecule has 0 unspecified atom stereocenters. The zero-order valence-electron chi connectivity index (χ0n) is 16.9. The molecule has 0 amide bonds. The van der Waals surface area contributed by atoms with E-state index in [0.29, 0.717) is 29.2 Å². The minimum Gasteiger partial charge on any atom is -0.430 e. The number of carbonyl (C=O) groups is 2. The highest BCUT2D eigenvalue weighted by Gasteiger charge is 2.48. The number of ketones is 1. The number of rotatable bonds is 8. The van der Waals surface area contributed by atoms with Crippen molar-refractivity contribution in [3.05, 3.63) is 40.6 Å². The number of halogens is 1. The summed E-state index contributed by atoms with van der Waals surface area (Å²) in [5.41, 5.74) is 1.03. The normalized spacial score (nSPS) is 18.7. The van der Waals surface area contributed by atoms with Gasteiger partial charge in [0, 0.05) is 23.3 Å². The highest BCUT2D eigenvalue weighted by atomic mass is 35.5. The molecule has 1 aromatic carbocycles. The molecule has 0 N–H and O–H groups in total. The second-order valence-electron chi connectivity index (χ2n) is 8.29. The monoisotopic (exact) mass is 402 g/mol. The second-order valence-corrected chi connectivity index (χ2v) is 8.73. The summed E-state index contributed by atoms with van der Waals surface area (Å²) in [5.74, 6) is 0.520. The first-order valence-corrected chi connectivity index (χ1v) is 11.2. The third kappa shape index (κ3) is 4.86. The van der Waals surface area contributed by atoms with E-state index in [0.717, 1.165) is 50.5 Å². The number of allylic oxidation sites excluding steroid dienone is 2. The van der Waals surface area contributed by atoms with Crippen molar-refractivity contribution in [2.75, 3.05) is 0 Å². The summed E-state index contributed by atoms with van der Waals surface area (Å²) in [7, 11) is 0. The molecule has 0 saturated heterocycles. The lowest BCUT2D eigenvalue weighted by molar-refractivity contribution is -0.140. The van der Waals surface area contributed by atoms with E-state index in [-0.39, 0.29) is 17.2 Å². The summed E-state index contributed by atoms with van der Waals surface area (Å²) in [6.07, 6.45) is 11.5. The number of unbranched alkanes of at least 4 members (excludes halogenated alkanes) is 4. The van der Waals surface area contributed by atoms with E-state index in [2.05, 4.69) is 6.92 Å². The molecule has 1 spiro atoms. The molecule has 0 bridgehead atoms. The summed E-state index contributed by atoms with van der Waals surface area (Å²) in [6, 6.07) is 7.29. The molecule has 28 heavy (non-hydrogen) atoms. The van der Waals surface area contributed by atoms with Gasteiger partial charge in [0.2, 0.25) is 0 Å². The van der Waals surface area contributed by atoms with Crippen molar-refractivity contribution in [2.45, 2.75) is 84.0 Å². The van der Waals surface area contributed by atoms with Gasteiger partial charge in [-0.2, -0.15) is 0 Å². The van der Waals surface area contributed by atoms with Crippen LogP contribution >= 0.6 is 11.6 Å². The van der Waals surface area contributed by atoms with Gasteiger partial charge in [0.1, 0.15) is 5.76 Å². The van der Waals surface area contributed by atoms with Crippen LogP contribution in [0.1, 0.15) is 89.5 Å². The van der Waals surface area contributed by atoms with Crippen LogP contribution in [0.2, 0.25) is 5.02 Å². The zero-order valence-corrected chi connectivity index (χ0v) is 17.7. The first-order valence-electron chi connectivity index (χ1n) is 10.8. The highest BCUT2D eigenvalue weighted by Crippen LogP contribution is 2.51.